The average molecular weight is 501 g/mol. The number of amides is 1. The molecule has 0 aliphatic carbocycles. The number of carbonyl (C=O) groups is 1. The normalized spacial score (nSPS) is 11.3. The molecular weight excluding hydrogens is 476 g/mol. The first kappa shape index (κ1) is 25.0. The zero-order valence-corrected chi connectivity index (χ0v) is 20.4. The number of methoxy groups -OCH3 is 1. The van der Waals surface area contributed by atoms with Crippen LogP contribution in [0.25, 0.3) is 0 Å². The standard InChI is InChI=1S/C29H25ClN2O4/c1-35-27-18-21(16-17-26(27)36-20-22-10-8-9-15-25(22)30)19-31-32-28(33)29(34,23-11-4-2-5-12-23)24-13-6-3-7-14-24/h2-19,34H,20H2,1H3,(H,32,33)/b31-19+. The van der Waals surface area contributed by atoms with E-state index in [2.05, 4.69) is 10.5 Å². The predicted octanol–water partition coefficient (Wildman–Crippen LogP) is 5.31. The van der Waals surface area contributed by atoms with E-state index in [-0.39, 0.29) is 6.61 Å². The topological polar surface area (TPSA) is 80.2 Å². The largest absolute Gasteiger partial charge is 0.493 e. The molecule has 4 rings (SSSR count). The van der Waals surface area contributed by atoms with Crippen molar-refractivity contribution < 1.29 is 19.4 Å². The Hall–Kier alpha value is -4.13. The van der Waals surface area contributed by atoms with E-state index in [1.807, 2.05) is 36.4 Å². The summed E-state index contributed by atoms with van der Waals surface area (Å²) >= 11 is 6.20. The van der Waals surface area contributed by atoms with Gasteiger partial charge in [-0.1, -0.05) is 90.5 Å². The molecule has 7 heteroatoms. The fourth-order valence-corrected chi connectivity index (χ4v) is 3.88. The highest BCUT2D eigenvalue weighted by Gasteiger charge is 2.39. The van der Waals surface area contributed by atoms with Gasteiger partial charge in [-0.25, -0.2) is 5.43 Å². The lowest BCUT2D eigenvalue weighted by atomic mass is 9.85. The third-order valence-corrected chi connectivity index (χ3v) is 5.99. The molecule has 0 atom stereocenters. The fourth-order valence-electron chi connectivity index (χ4n) is 3.69. The van der Waals surface area contributed by atoms with Crippen LogP contribution in [-0.4, -0.2) is 24.3 Å². The van der Waals surface area contributed by atoms with E-state index in [0.29, 0.717) is 33.2 Å². The van der Waals surface area contributed by atoms with Crippen molar-refractivity contribution in [3.8, 4) is 11.5 Å². The molecular formula is C29H25ClN2O4. The molecule has 0 unspecified atom stereocenters. The van der Waals surface area contributed by atoms with E-state index in [1.54, 1.807) is 73.8 Å². The molecule has 0 aliphatic rings. The predicted molar refractivity (Wildman–Crippen MR) is 140 cm³/mol. The minimum atomic E-state index is -1.91. The number of nitrogens with one attached hydrogen (secondary N) is 1. The van der Waals surface area contributed by atoms with Gasteiger partial charge in [-0.2, -0.15) is 5.10 Å². The van der Waals surface area contributed by atoms with Crippen molar-refractivity contribution >= 4 is 23.7 Å². The van der Waals surface area contributed by atoms with Gasteiger partial charge in [0.05, 0.1) is 13.3 Å². The molecule has 0 saturated heterocycles. The first-order valence-electron chi connectivity index (χ1n) is 11.2. The van der Waals surface area contributed by atoms with Crippen molar-refractivity contribution in [2.24, 2.45) is 5.10 Å². The molecule has 1 amide bonds. The Kier molecular flexibility index (Phi) is 8.00. The van der Waals surface area contributed by atoms with Gasteiger partial charge in [-0.15, -0.1) is 0 Å². The first-order chi connectivity index (χ1) is 17.5. The van der Waals surface area contributed by atoms with Crippen molar-refractivity contribution in [2.75, 3.05) is 7.11 Å². The van der Waals surface area contributed by atoms with Gasteiger partial charge >= 0.3 is 0 Å². The molecule has 4 aromatic carbocycles. The van der Waals surface area contributed by atoms with Gasteiger partial charge in [-0.3, -0.25) is 4.79 Å². The van der Waals surface area contributed by atoms with E-state index in [4.69, 9.17) is 21.1 Å². The molecule has 36 heavy (non-hydrogen) atoms. The first-order valence-corrected chi connectivity index (χ1v) is 11.6. The summed E-state index contributed by atoms with van der Waals surface area (Å²) in [4.78, 5) is 13.2. The van der Waals surface area contributed by atoms with E-state index in [1.165, 1.54) is 6.21 Å². The van der Waals surface area contributed by atoms with Crippen LogP contribution in [-0.2, 0) is 17.0 Å². The quantitative estimate of drug-likeness (QED) is 0.241. The van der Waals surface area contributed by atoms with Crippen LogP contribution in [0.3, 0.4) is 0 Å². The lowest BCUT2D eigenvalue weighted by Gasteiger charge is -2.27. The molecule has 6 nitrogen and oxygen atoms in total. The summed E-state index contributed by atoms with van der Waals surface area (Å²) in [6, 6.07) is 30.2. The molecule has 0 saturated carbocycles. The number of carbonyl (C=O) groups excluding carboxylic acids is 1. The summed E-state index contributed by atoms with van der Waals surface area (Å²) in [5.74, 6) is 0.367. The minimum Gasteiger partial charge on any atom is -0.493 e. The third kappa shape index (κ3) is 5.57. The van der Waals surface area contributed by atoms with Crippen LogP contribution in [0.4, 0.5) is 0 Å². The monoisotopic (exact) mass is 500 g/mol. The lowest BCUT2D eigenvalue weighted by Crippen LogP contribution is -2.43. The summed E-state index contributed by atoms with van der Waals surface area (Å²) in [6.45, 7) is 0.289. The molecule has 0 radical (unpaired) electrons. The van der Waals surface area contributed by atoms with Gasteiger partial charge in [0.15, 0.2) is 17.1 Å². The Morgan fingerprint density at radius 1 is 0.917 bits per heavy atom. The Morgan fingerprint density at radius 2 is 1.53 bits per heavy atom. The van der Waals surface area contributed by atoms with Gasteiger partial charge in [0.25, 0.3) is 5.91 Å². The summed E-state index contributed by atoms with van der Waals surface area (Å²) in [6.07, 6.45) is 1.47. The number of hydrogen-bond acceptors (Lipinski definition) is 5. The lowest BCUT2D eigenvalue weighted by molar-refractivity contribution is -0.136. The van der Waals surface area contributed by atoms with E-state index in [0.717, 1.165) is 5.56 Å². The van der Waals surface area contributed by atoms with Crippen LogP contribution >= 0.6 is 11.6 Å². The highest BCUT2D eigenvalue weighted by molar-refractivity contribution is 6.31. The van der Waals surface area contributed by atoms with Gasteiger partial charge in [-0.05, 0) is 41.0 Å². The highest BCUT2D eigenvalue weighted by Crippen LogP contribution is 2.31. The minimum absolute atomic E-state index is 0.289. The number of benzene rings is 4. The van der Waals surface area contributed by atoms with Gasteiger partial charge in [0, 0.05) is 10.6 Å². The zero-order chi connectivity index (χ0) is 25.4. The molecule has 182 valence electrons. The molecule has 0 bridgehead atoms. The third-order valence-electron chi connectivity index (χ3n) is 5.62. The maximum absolute atomic E-state index is 13.2. The number of halogens is 1. The Balaban J connectivity index is 1.49. The Labute approximate surface area is 214 Å². The maximum Gasteiger partial charge on any atom is 0.281 e. The molecule has 0 spiro atoms. The van der Waals surface area contributed by atoms with Crippen LogP contribution < -0.4 is 14.9 Å². The van der Waals surface area contributed by atoms with E-state index >= 15 is 0 Å². The molecule has 0 heterocycles. The maximum atomic E-state index is 13.2. The number of nitrogens with zero attached hydrogens (tertiary/aromatic N) is 1. The SMILES string of the molecule is COc1cc(/C=N/NC(=O)C(O)(c2ccccc2)c2ccccc2)ccc1OCc1ccccc1Cl. The van der Waals surface area contributed by atoms with Gasteiger partial charge in [0.2, 0.25) is 0 Å². The van der Waals surface area contributed by atoms with Gasteiger partial charge < -0.3 is 14.6 Å². The van der Waals surface area contributed by atoms with Crippen LogP contribution in [0.5, 0.6) is 11.5 Å². The fraction of sp³-hybridized carbons (Fsp3) is 0.103. The van der Waals surface area contributed by atoms with Crippen LogP contribution in [0.1, 0.15) is 22.3 Å². The van der Waals surface area contributed by atoms with Crippen LogP contribution in [0.2, 0.25) is 5.02 Å². The summed E-state index contributed by atoms with van der Waals surface area (Å²) in [7, 11) is 1.54. The van der Waals surface area contributed by atoms with Crippen LogP contribution in [0.15, 0.2) is 108 Å². The smallest absolute Gasteiger partial charge is 0.281 e. The Bertz CT molecular complexity index is 1300. The molecule has 0 aromatic heterocycles. The second kappa shape index (κ2) is 11.5. The number of aliphatic hydroxyl groups is 1. The molecule has 4 aromatic rings. The van der Waals surface area contributed by atoms with Crippen molar-refractivity contribution in [3.05, 3.63) is 130 Å². The van der Waals surface area contributed by atoms with E-state index in [9.17, 15) is 9.90 Å². The zero-order valence-electron chi connectivity index (χ0n) is 19.6. The second-order valence-electron chi connectivity index (χ2n) is 7.93. The van der Waals surface area contributed by atoms with Crippen LogP contribution in [0, 0.1) is 0 Å². The number of ether oxygens (including phenoxy) is 2. The Morgan fingerprint density at radius 3 is 2.14 bits per heavy atom. The summed E-state index contributed by atoms with van der Waals surface area (Å²) in [5.41, 5.74) is 2.96. The number of rotatable bonds is 9. The molecule has 0 fully saturated rings. The molecule has 0 aliphatic heterocycles. The van der Waals surface area contributed by atoms with E-state index < -0.39 is 11.5 Å². The summed E-state index contributed by atoms with van der Waals surface area (Å²) < 4.78 is 11.3. The number of hydrazone groups is 1. The van der Waals surface area contributed by atoms with Crippen molar-refractivity contribution in [1.29, 1.82) is 0 Å². The second-order valence-corrected chi connectivity index (χ2v) is 8.34. The van der Waals surface area contributed by atoms with Crippen molar-refractivity contribution in [1.82, 2.24) is 5.43 Å². The number of hydrogen-bond donors (Lipinski definition) is 2. The summed E-state index contributed by atoms with van der Waals surface area (Å²) in [5, 5.41) is 16.2. The average Bonchev–Trinajstić information content (AvgIpc) is 2.93. The molecule has 2 N–H and O–H groups in total. The highest BCUT2D eigenvalue weighted by atomic mass is 35.5. The van der Waals surface area contributed by atoms with Crippen molar-refractivity contribution in [3.63, 3.8) is 0 Å². The van der Waals surface area contributed by atoms with Gasteiger partial charge in [0.1, 0.15) is 6.61 Å². The van der Waals surface area contributed by atoms with Crippen molar-refractivity contribution in [2.45, 2.75) is 12.2 Å².